The maximum absolute atomic E-state index is 12.8. The highest BCUT2D eigenvalue weighted by Crippen LogP contribution is 2.26. The van der Waals surface area contributed by atoms with E-state index in [-0.39, 0.29) is 5.57 Å². The number of hydrogen-bond donors (Lipinski definition) is 1. The first-order valence-corrected chi connectivity index (χ1v) is 11.0. The highest BCUT2D eigenvalue weighted by molar-refractivity contribution is 9.10. The van der Waals surface area contributed by atoms with Crippen molar-refractivity contribution < 1.29 is 4.79 Å². The molecule has 0 saturated carbocycles. The maximum atomic E-state index is 12.8. The van der Waals surface area contributed by atoms with E-state index in [1.54, 1.807) is 6.08 Å². The molecule has 0 atom stereocenters. The van der Waals surface area contributed by atoms with Crippen molar-refractivity contribution in [2.45, 2.75) is 20.3 Å². The molecular formula is C25H20Br2N2O. The summed E-state index contributed by atoms with van der Waals surface area (Å²) in [6.07, 6.45) is 2.33. The van der Waals surface area contributed by atoms with Crippen LogP contribution in [-0.2, 0) is 11.2 Å². The third-order valence-corrected chi connectivity index (χ3v) is 6.01. The van der Waals surface area contributed by atoms with Gasteiger partial charge in [0.1, 0.15) is 11.6 Å². The van der Waals surface area contributed by atoms with Crippen molar-refractivity contribution in [1.29, 1.82) is 5.26 Å². The predicted molar refractivity (Wildman–Crippen MR) is 129 cm³/mol. The standard InChI is InChI=1S/C25H20Br2N2O/c1-16-7-10-24(17(2)11-16)29-25(30)21(15-28)13-20-14-22(26)9-8-18(20)12-19-5-3-4-6-23(19)27/h3-11,13-14H,12H2,1-2H3,(H,29,30)/b21-13+. The van der Waals surface area contributed by atoms with Crippen LogP contribution in [0.5, 0.6) is 0 Å². The lowest BCUT2D eigenvalue weighted by molar-refractivity contribution is -0.112. The Hall–Kier alpha value is -2.68. The number of carbonyl (C=O) groups is 1. The summed E-state index contributed by atoms with van der Waals surface area (Å²) in [6, 6.07) is 21.7. The molecule has 0 spiro atoms. The van der Waals surface area contributed by atoms with E-state index in [2.05, 4.69) is 43.2 Å². The van der Waals surface area contributed by atoms with Crippen LogP contribution in [0.3, 0.4) is 0 Å². The van der Waals surface area contributed by atoms with Crippen LogP contribution in [0.25, 0.3) is 6.08 Å². The topological polar surface area (TPSA) is 52.9 Å². The lowest BCUT2D eigenvalue weighted by atomic mass is 9.98. The summed E-state index contributed by atoms with van der Waals surface area (Å²) in [7, 11) is 0. The van der Waals surface area contributed by atoms with Crippen molar-refractivity contribution in [1.82, 2.24) is 0 Å². The molecule has 0 radical (unpaired) electrons. The number of rotatable bonds is 5. The first-order valence-electron chi connectivity index (χ1n) is 9.39. The number of benzene rings is 3. The van der Waals surface area contributed by atoms with Gasteiger partial charge in [-0.05, 0) is 72.9 Å². The largest absolute Gasteiger partial charge is 0.321 e. The summed E-state index contributed by atoms with van der Waals surface area (Å²) >= 11 is 7.08. The molecule has 30 heavy (non-hydrogen) atoms. The van der Waals surface area contributed by atoms with Crippen molar-refractivity contribution in [3.63, 3.8) is 0 Å². The summed E-state index contributed by atoms with van der Waals surface area (Å²) in [5, 5.41) is 12.5. The summed E-state index contributed by atoms with van der Waals surface area (Å²) < 4.78 is 1.91. The smallest absolute Gasteiger partial charge is 0.266 e. The fourth-order valence-electron chi connectivity index (χ4n) is 3.16. The molecule has 0 aliphatic rings. The number of nitrogens with one attached hydrogen (secondary N) is 1. The van der Waals surface area contributed by atoms with Crippen LogP contribution < -0.4 is 5.32 Å². The second kappa shape index (κ2) is 9.88. The summed E-state index contributed by atoms with van der Waals surface area (Å²) in [5.41, 5.74) is 5.82. The summed E-state index contributed by atoms with van der Waals surface area (Å²) in [5.74, 6) is -0.420. The van der Waals surface area contributed by atoms with E-state index >= 15 is 0 Å². The van der Waals surface area contributed by atoms with Gasteiger partial charge in [0.25, 0.3) is 5.91 Å². The van der Waals surface area contributed by atoms with Gasteiger partial charge in [-0.2, -0.15) is 5.26 Å². The van der Waals surface area contributed by atoms with Crippen molar-refractivity contribution in [3.05, 3.63) is 103 Å². The van der Waals surface area contributed by atoms with Crippen LogP contribution in [0.1, 0.15) is 27.8 Å². The first kappa shape index (κ1) is 22.0. The summed E-state index contributed by atoms with van der Waals surface area (Å²) in [6.45, 7) is 3.93. The molecule has 150 valence electrons. The predicted octanol–water partition coefficient (Wildman–Crippen LogP) is 6.96. The quantitative estimate of drug-likeness (QED) is 0.290. The van der Waals surface area contributed by atoms with E-state index in [1.807, 2.05) is 74.5 Å². The van der Waals surface area contributed by atoms with E-state index in [0.717, 1.165) is 36.8 Å². The van der Waals surface area contributed by atoms with E-state index in [1.165, 1.54) is 0 Å². The second-order valence-corrected chi connectivity index (χ2v) is 8.82. The van der Waals surface area contributed by atoms with Crippen LogP contribution in [0.2, 0.25) is 0 Å². The first-order chi connectivity index (χ1) is 14.4. The second-order valence-electron chi connectivity index (χ2n) is 7.05. The molecule has 0 saturated heterocycles. The van der Waals surface area contributed by atoms with Crippen LogP contribution in [0.15, 0.2) is 75.2 Å². The Bertz CT molecular complexity index is 1180. The molecule has 0 aromatic heterocycles. The number of nitriles is 1. The van der Waals surface area contributed by atoms with Crippen molar-refractivity contribution in [2.24, 2.45) is 0 Å². The van der Waals surface area contributed by atoms with Gasteiger partial charge in [0.2, 0.25) is 0 Å². The highest BCUT2D eigenvalue weighted by Gasteiger charge is 2.13. The van der Waals surface area contributed by atoms with Gasteiger partial charge in [-0.3, -0.25) is 4.79 Å². The Balaban J connectivity index is 1.93. The zero-order chi connectivity index (χ0) is 21.7. The average Bonchev–Trinajstić information content (AvgIpc) is 2.71. The number of anilines is 1. The average molecular weight is 524 g/mol. The molecular weight excluding hydrogens is 504 g/mol. The fourth-order valence-corrected chi connectivity index (χ4v) is 3.96. The molecule has 1 amide bonds. The number of amides is 1. The van der Waals surface area contributed by atoms with E-state index < -0.39 is 5.91 Å². The molecule has 0 aliphatic carbocycles. The van der Waals surface area contributed by atoms with Crippen LogP contribution in [0, 0.1) is 25.2 Å². The van der Waals surface area contributed by atoms with Gasteiger partial charge in [0.15, 0.2) is 0 Å². The third-order valence-electron chi connectivity index (χ3n) is 4.74. The van der Waals surface area contributed by atoms with Gasteiger partial charge in [0, 0.05) is 14.6 Å². The molecule has 3 rings (SSSR count). The number of halogens is 2. The van der Waals surface area contributed by atoms with Gasteiger partial charge in [-0.1, -0.05) is 73.8 Å². The zero-order valence-electron chi connectivity index (χ0n) is 16.7. The minimum atomic E-state index is -0.420. The highest BCUT2D eigenvalue weighted by atomic mass is 79.9. The number of hydrogen-bond acceptors (Lipinski definition) is 2. The monoisotopic (exact) mass is 522 g/mol. The van der Waals surface area contributed by atoms with E-state index in [9.17, 15) is 10.1 Å². The van der Waals surface area contributed by atoms with E-state index in [0.29, 0.717) is 12.1 Å². The number of aryl methyl sites for hydroxylation is 2. The van der Waals surface area contributed by atoms with E-state index in [4.69, 9.17) is 0 Å². The molecule has 0 fully saturated rings. The molecule has 5 heteroatoms. The molecule has 3 aromatic carbocycles. The molecule has 0 heterocycles. The lowest BCUT2D eigenvalue weighted by Crippen LogP contribution is -2.14. The molecule has 3 aromatic rings. The Kier molecular flexibility index (Phi) is 7.25. The fraction of sp³-hybridized carbons (Fsp3) is 0.120. The number of nitrogens with zero attached hydrogens (tertiary/aromatic N) is 1. The van der Waals surface area contributed by atoms with Crippen LogP contribution in [0.4, 0.5) is 5.69 Å². The van der Waals surface area contributed by atoms with Crippen molar-refractivity contribution >= 4 is 49.5 Å². The van der Waals surface area contributed by atoms with Gasteiger partial charge in [-0.25, -0.2) is 0 Å². The van der Waals surface area contributed by atoms with Crippen molar-refractivity contribution in [2.75, 3.05) is 5.32 Å². The minimum absolute atomic E-state index is 0.0569. The Labute approximate surface area is 193 Å². The summed E-state index contributed by atoms with van der Waals surface area (Å²) in [4.78, 5) is 12.8. The molecule has 0 aliphatic heterocycles. The molecule has 0 unspecified atom stereocenters. The zero-order valence-corrected chi connectivity index (χ0v) is 19.8. The van der Waals surface area contributed by atoms with Crippen LogP contribution >= 0.6 is 31.9 Å². The Morgan fingerprint density at radius 3 is 2.50 bits per heavy atom. The van der Waals surface area contributed by atoms with Crippen molar-refractivity contribution in [3.8, 4) is 6.07 Å². The maximum Gasteiger partial charge on any atom is 0.266 e. The molecule has 1 N–H and O–H groups in total. The lowest BCUT2D eigenvalue weighted by Gasteiger charge is -2.11. The molecule has 3 nitrogen and oxygen atoms in total. The minimum Gasteiger partial charge on any atom is -0.321 e. The van der Waals surface area contributed by atoms with Gasteiger partial charge in [0.05, 0.1) is 0 Å². The van der Waals surface area contributed by atoms with Gasteiger partial charge < -0.3 is 5.32 Å². The Morgan fingerprint density at radius 1 is 1.03 bits per heavy atom. The SMILES string of the molecule is Cc1ccc(NC(=O)/C(C#N)=C/c2cc(Br)ccc2Cc2ccccc2Br)c(C)c1. The Morgan fingerprint density at radius 2 is 1.80 bits per heavy atom. The normalized spacial score (nSPS) is 11.1. The third kappa shape index (κ3) is 5.47. The van der Waals surface area contributed by atoms with Crippen LogP contribution in [-0.4, -0.2) is 5.91 Å². The molecule has 0 bridgehead atoms. The number of carbonyl (C=O) groups excluding carboxylic acids is 1. The van der Waals surface area contributed by atoms with Gasteiger partial charge in [-0.15, -0.1) is 0 Å². The van der Waals surface area contributed by atoms with Gasteiger partial charge >= 0.3 is 0 Å².